The van der Waals surface area contributed by atoms with Gasteiger partial charge in [-0.2, -0.15) is 0 Å². The van der Waals surface area contributed by atoms with Gasteiger partial charge >= 0.3 is 0 Å². The molecule has 5 rings (SSSR count). The number of amides is 1. The van der Waals surface area contributed by atoms with E-state index in [2.05, 4.69) is 4.90 Å². The van der Waals surface area contributed by atoms with Gasteiger partial charge in [-0.3, -0.25) is 4.79 Å². The van der Waals surface area contributed by atoms with Gasteiger partial charge in [0.25, 0.3) is 0 Å². The Hall–Kier alpha value is -1.38. The Balaban J connectivity index is 1.57. The Morgan fingerprint density at radius 3 is 2.50 bits per heavy atom. The maximum Gasteiger partial charge on any atom is 0.230 e. The van der Waals surface area contributed by atoms with Gasteiger partial charge in [0.15, 0.2) is 0 Å². The van der Waals surface area contributed by atoms with Gasteiger partial charge < -0.3 is 4.90 Å². The van der Waals surface area contributed by atoms with Crippen molar-refractivity contribution in [1.82, 2.24) is 4.90 Å². The predicted molar refractivity (Wildman–Crippen MR) is 83.9 cm³/mol. The summed E-state index contributed by atoms with van der Waals surface area (Å²) in [5, 5.41) is 0. The lowest BCUT2D eigenvalue weighted by atomic mass is 9.68. The van der Waals surface area contributed by atoms with Crippen molar-refractivity contribution >= 4 is 5.91 Å². The maximum absolute atomic E-state index is 13.4. The van der Waals surface area contributed by atoms with Crippen LogP contribution in [0.5, 0.6) is 0 Å². The van der Waals surface area contributed by atoms with Crippen LogP contribution in [-0.2, 0) is 4.79 Å². The third-order valence-electron chi connectivity index (χ3n) is 6.11. The zero-order chi connectivity index (χ0) is 15.3. The quantitative estimate of drug-likeness (QED) is 0.809. The first-order valence-corrected chi connectivity index (χ1v) is 8.66. The Kier molecular flexibility index (Phi) is 3.47. The molecule has 4 fully saturated rings. The van der Waals surface area contributed by atoms with E-state index in [0.29, 0.717) is 12.0 Å². The number of carbonyl (C=O) groups is 1. The number of nitrogens with zero attached hydrogens (tertiary/aromatic N) is 1. The molecule has 1 aromatic carbocycles. The molecular weight excluding hydrogens is 277 g/mol. The summed E-state index contributed by atoms with van der Waals surface area (Å²) >= 11 is 0. The minimum atomic E-state index is -0.256. The molecule has 0 radical (unpaired) electrons. The molecule has 4 bridgehead atoms. The summed E-state index contributed by atoms with van der Waals surface area (Å²) in [6.45, 7) is 2.85. The molecule has 0 N–H and O–H groups in total. The van der Waals surface area contributed by atoms with Gasteiger partial charge in [0.2, 0.25) is 5.91 Å². The third-order valence-corrected chi connectivity index (χ3v) is 6.11. The summed E-state index contributed by atoms with van der Waals surface area (Å²) in [5.41, 5.74) is 0.800. The molecule has 0 aromatic heterocycles. The molecule has 118 valence electrons. The first-order valence-electron chi connectivity index (χ1n) is 8.66. The number of halogens is 1. The first kappa shape index (κ1) is 14.2. The van der Waals surface area contributed by atoms with Crippen LogP contribution in [0, 0.1) is 23.6 Å². The van der Waals surface area contributed by atoms with Crippen molar-refractivity contribution < 1.29 is 9.18 Å². The third kappa shape index (κ3) is 2.45. The molecule has 1 amide bonds. The van der Waals surface area contributed by atoms with Crippen LogP contribution in [-0.4, -0.2) is 23.4 Å². The zero-order valence-corrected chi connectivity index (χ0v) is 13.2. The van der Waals surface area contributed by atoms with E-state index in [9.17, 15) is 9.18 Å². The standard InChI is InChI=1S/C19H24FNO/c1-12(16-3-2-4-17(20)10-16)19(22)21-11-15-6-13-5-14(7-15)9-18(21)8-13/h2-4,10,12-15,18H,5-9,11H2,1H3. The summed E-state index contributed by atoms with van der Waals surface area (Å²) in [7, 11) is 0. The molecule has 3 atom stereocenters. The van der Waals surface area contributed by atoms with E-state index in [4.69, 9.17) is 0 Å². The molecule has 2 saturated heterocycles. The van der Waals surface area contributed by atoms with Crippen LogP contribution < -0.4 is 0 Å². The number of rotatable bonds is 2. The molecule has 4 aliphatic rings. The van der Waals surface area contributed by atoms with E-state index in [1.54, 1.807) is 6.07 Å². The van der Waals surface area contributed by atoms with E-state index < -0.39 is 0 Å². The molecule has 2 aliphatic heterocycles. The van der Waals surface area contributed by atoms with Gasteiger partial charge in [-0.15, -0.1) is 0 Å². The van der Waals surface area contributed by atoms with Crippen LogP contribution in [0.1, 0.15) is 50.5 Å². The molecule has 2 nitrogen and oxygen atoms in total. The summed E-state index contributed by atoms with van der Waals surface area (Å²) < 4.78 is 13.4. The monoisotopic (exact) mass is 301 g/mol. The van der Waals surface area contributed by atoms with E-state index in [-0.39, 0.29) is 17.6 Å². The fraction of sp³-hybridized carbons (Fsp3) is 0.632. The average Bonchev–Trinajstić information content (AvgIpc) is 2.69. The average molecular weight is 301 g/mol. The highest BCUT2D eigenvalue weighted by atomic mass is 19.1. The number of hydrogen-bond donors (Lipinski definition) is 0. The van der Waals surface area contributed by atoms with Crippen molar-refractivity contribution in [2.24, 2.45) is 17.8 Å². The summed E-state index contributed by atoms with van der Waals surface area (Å²) in [6.07, 6.45) is 6.38. The lowest BCUT2D eigenvalue weighted by molar-refractivity contribution is -0.135. The highest BCUT2D eigenvalue weighted by Crippen LogP contribution is 2.47. The zero-order valence-electron chi connectivity index (χ0n) is 13.2. The number of benzene rings is 1. The normalized spacial score (nSPS) is 34.5. The Morgan fingerprint density at radius 1 is 1.14 bits per heavy atom. The Bertz CT molecular complexity index is 573. The highest BCUT2D eigenvalue weighted by molar-refractivity contribution is 5.83. The molecule has 3 unspecified atom stereocenters. The van der Waals surface area contributed by atoms with Crippen molar-refractivity contribution in [2.45, 2.75) is 51.0 Å². The molecule has 1 aromatic rings. The second-order valence-corrected chi connectivity index (χ2v) is 7.70. The topological polar surface area (TPSA) is 20.3 Å². The van der Waals surface area contributed by atoms with Crippen LogP contribution in [0.25, 0.3) is 0 Å². The largest absolute Gasteiger partial charge is 0.339 e. The smallest absolute Gasteiger partial charge is 0.230 e. The van der Waals surface area contributed by atoms with Crippen molar-refractivity contribution in [3.05, 3.63) is 35.6 Å². The minimum absolute atomic E-state index is 0.198. The van der Waals surface area contributed by atoms with Gasteiger partial charge in [-0.25, -0.2) is 4.39 Å². The molecular formula is C19H24FNO. The SMILES string of the molecule is CC(C(=O)N1CC2CC3CC(C2)CC1C3)c1cccc(F)c1. The van der Waals surface area contributed by atoms with Crippen LogP contribution in [0.3, 0.4) is 0 Å². The Morgan fingerprint density at radius 2 is 1.82 bits per heavy atom. The second kappa shape index (κ2) is 5.36. The summed E-state index contributed by atoms with van der Waals surface area (Å²) in [4.78, 5) is 15.2. The number of fused-ring (bicyclic) bond motifs is 1. The highest BCUT2D eigenvalue weighted by Gasteiger charge is 2.44. The van der Waals surface area contributed by atoms with Crippen molar-refractivity contribution in [2.75, 3.05) is 6.54 Å². The fourth-order valence-electron chi connectivity index (χ4n) is 5.22. The molecule has 2 heterocycles. The second-order valence-electron chi connectivity index (χ2n) is 7.70. The van der Waals surface area contributed by atoms with Crippen LogP contribution in [0.15, 0.2) is 24.3 Å². The molecule has 3 heteroatoms. The van der Waals surface area contributed by atoms with Crippen LogP contribution in [0.4, 0.5) is 4.39 Å². The Labute approximate surface area is 131 Å². The predicted octanol–water partition coefficient (Wildman–Crippen LogP) is 3.97. The van der Waals surface area contributed by atoms with Crippen molar-refractivity contribution in [3.63, 3.8) is 0 Å². The molecule has 2 aliphatic carbocycles. The lowest BCUT2D eigenvalue weighted by Gasteiger charge is -2.39. The van der Waals surface area contributed by atoms with Gasteiger partial charge in [0, 0.05) is 12.6 Å². The van der Waals surface area contributed by atoms with Crippen LogP contribution in [0.2, 0.25) is 0 Å². The maximum atomic E-state index is 13.4. The van der Waals surface area contributed by atoms with E-state index in [1.807, 2.05) is 13.0 Å². The van der Waals surface area contributed by atoms with E-state index in [1.165, 1.54) is 44.2 Å². The minimum Gasteiger partial charge on any atom is -0.339 e. The summed E-state index contributed by atoms with van der Waals surface area (Å²) in [5.74, 6) is 2.07. The fourth-order valence-corrected chi connectivity index (χ4v) is 5.22. The van der Waals surface area contributed by atoms with E-state index >= 15 is 0 Å². The van der Waals surface area contributed by atoms with Gasteiger partial charge in [-0.1, -0.05) is 12.1 Å². The van der Waals surface area contributed by atoms with Crippen molar-refractivity contribution in [1.29, 1.82) is 0 Å². The first-order chi connectivity index (χ1) is 10.6. The van der Waals surface area contributed by atoms with Gasteiger partial charge in [-0.05, 0) is 74.5 Å². The molecule has 2 saturated carbocycles. The van der Waals surface area contributed by atoms with Crippen LogP contribution >= 0.6 is 0 Å². The molecule has 22 heavy (non-hydrogen) atoms. The van der Waals surface area contributed by atoms with Gasteiger partial charge in [0.1, 0.15) is 5.82 Å². The number of hydrogen-bond acceptors (Lipinski definition) is 1. The molecule has 0 spiro atoms. The number of carbonyl (C=O) groups excluding carboxylic acids is 1. The van der Waals surface area contributed by atoms with Gasteiger partial charge in [0.05, 0.1) is 5.92 Å². The lowest BCUT2D eigenvalue weighted by Crippen LogP contribution is -2.44. The van der Waals surface area contributed by atoms with Crippen molar-refractivity contribution in [3.8, 4) is 0 Å². The summed E-state index contributed by atoms with van der Waals surface area (Å²) in [6, 6.07) is 6.94. The van der Waals surface area contributed by atoms with E-state index in [0.717, 1.165) is 23.9 Å².